The molecule has 1 aliphatic rings. The number of hydrogen-bond donors (Lipinski definition) is 1. The van der Waals surface area contributed by atoms with Crippen molar-refractivity contribution >= 4 is 0 Å². The average Bonchev–Trinajstić information content (AvgIpc) is 2.23. The number of rotatable bonds is 5. The van der Waals surface area contributed by atoms with Crippen LogP contribution in [0.15, 0.2) is 30.3 Å². The van der Waals surface area contributed by atoms with Crippen molar-refractivity contribution in [2.75, 3.05) is 6.54 Å². The first-order valence-electron chi connectivity index (χ1n) is 6.14. The Morgan fingerprint density at radius 3 is 2.60 bits per heavy atom. The molecule has 2 rings (SSSR count). The maximum atomic E-state index is 3.62. The zero-order valence-corrected chi connectivity index (χ0v) is 9.58. The van der Waals surface area contributed by atoms with Crippen LogP contribution < -0.4 is 5.32 Å². The second-order valence-corrected chi connectivity index (χ2v) is 4.68. The van der Waals surface area contributed by atoms with Gasteiger partial charge >= 0.3 is 0 Å². The second-order valence-electron chi connectivity index (χ2n) is 4.68. The summed E-state index contributed by atoms with van der Waals surface area (Å²) in [6.07, 6.45) is 5.45. The topological polar surface area (TPSA) is 12.0 Å². The Morgan fingerprint density at radius 2 is 2.00 bits per heavy atom. The average molecular weight is 203 g/mol. The third-order valence-electron chi connectivity index (χ3n) is 3.48. The highest BCUT2D eigenvalue weighted by Crippen LogP contribution is 2.20. The van der Waals surface area contributed by atoms with E-state index in [9.17, 15) is 0 Å². The SMILES string of the molecule is CC(CCNC1CCC1)c1ccccc1. The van der Waals surface area contributed by atoms with Gasteiger partial charge in [0.25, 0.3) is 0 Å². The molecule has 0 radical (unpaired) electrons. The largest absolute Gasteiger partial charge is 0.314 e. The molecule has 1 saturated carbocycles. The molecule has 1 unspecified atom stereocenters. The fraction of sp³-hybridized carbons (Fsp3) is 0.571. The molecule has 1 aliphatic carbocycles. The summed E-state index contributed by atoms with van der Waals surface area (Å²) in [6.45, 7) is 3.48. The lowest BCUT2D eigenvalue weighted by Crippen LogP contribution is -2.35. The standard InChI is InChI=1S/C14H21N/c1-12(13-6-3-2-4-7-13)10-11-15-14-8-5-9-14/h2-4,6-7,12,14-15H,5,8-11H2,1H3. The smallest absolute Gasteiger partial charge is 0.00670 e. The van der Waals surface area contributed by atoms with Crippen LogP contribution in [0.2, 0.25) is 0 Å². The Balaban J connectivity index is 1.70. The third-order valence-corrected chi connectivity index (χ3v) is 3.48. The maximum absolute atomic E-state index is 3.62. The fourth-order valence-corrected chi connectivity index (χ4v) is 2.06. The van der Waals surface area contributed by atoms with Crippen molar-refractivity contribution in [1.29, 1.82) is 0 Å². The Bertz CT molecular complexity index is 277. The van der Waals surface area contributed by atoms with Gasteiger partial charge in [-0.15, -0.1) is 0 Å². The van der Waals surface area contributed by atoms with E-state index in [1.54, 1.807) is 0 Å². The van der Waals surface area contributed by atoms with E-state index in [4.69, 9.17) is 0 Å². The van der Waals surface area contributed by atoms with Crippen molar-refractivity contribution in [3.05, 3.63) is 35.9 Å². The minimum atomic E-state index is 0.679. The summed E-state index contributed by atoms with van der Waals surface area (Å²) in [5.74, 6) is 0.679. The molecular formula is C14H21N. The Labute approximate surface area is 92.9 Å². The summed E-state index contributed by atoms with van der Waals surface area (Å²) in [5.41, 5.74) is 1.47. The molecule has 1 aromatic carbocycles. The van der Waals surface area contributed by atoms with Crippen LogP contribution in [0, 0.1) is 0 Å². The zero-order valence-electron chi connectivity index (χ0n) is 9.58. The normalized spacial score (nSPS) is 18.5. The van der Waals surface area contributed by atoms with E-state index in [1.165, 1.54) is 37.8 Å². The van der Waals surface area contributed by atoms with Gasteiger partial charge in [0.2, 0.25) is 0 Å². The van der Waals surface area contributed by atoms with Crippen LogP contribution in [0.25, 0.3) is 0 Å². The summed E-state index contributed by atoms with van der Waals surface area (Å²) in [7, 11) is 0. The van der Waals surface area contributed by atoms with E-state index < -0.39 is 0 Å². The van der Waals surface area contributed by atoms with Gasteiger partial charge in [-0.3, -0.25) is 0 Å². The quantitative estimate of drug-likeness (QED) is 0.774. The van der Waals surface area contributed by atoms with E-state index in [0.29, 0.717) is 5.92 Å². The molecule has 0 amide bonds. The Hall–Kier alpha value is -0.820. The van der Waals surface area contributed by atoms with Crippen LogP contribution in [0.4, 0.5) is 0 Å². The van der Waals surface area contributed by atoms with E-state index in [2.05, 4.69) is 42.6 Å². The van der Waals surface area contributed by atoms with Crippen LogP contribution in [-0.2, 0) is 0 Å². The van der Waals surface area contributed by atoms with Gasteiger partial charge in [0.05, 0.1) is 0 Å². The summed E-state index contributed by atoms with van der Waals surface area (Å²) in [5, 5.41) is 3.62. The predicted octanol–water partition coefficient (Wildman–Crippen LogP) is 3.32. The zero-order chi connectivity index (χ0) is 10.5. The van der Waals surface area contributed by atoms with Gasteiger partial charge in [-0.05, 0) is 37.3 Å². The molecule has 0 spiro atoms. The predicted molar refractivity (Wildman–Crippen MR) is 65.1 cm³/mol. The molecule has 0 aromatic heterocycles. The van der Waals surface area contributed by atoms with E-state index >= 15 is 0 Å². The van der Waals surface area contributed by atoms with Crippen LogP contribution >= 0.6 is 0 Å². The maximum Gasteiger partial charge on any atom is 0.00670 e. The summed E-state index contributed by atoms with van der Waals surface area (Å²) >= 11 is 0. The van der Waals surface area contributed by atoms with Gasteiger partial charge in [-0.1, -0.05) is 43.7 Å². The summed E-state index contributed by atoms with van der Waals surface area (Å²) in [4.78, 5) is 0. The summed E-state index contributed by atoms with van der Waals surface area (Å²) in [6, 6.07) is 11.6. The molecule has 1 atom stereocenters. The molecule has 1 aromatic rings. The molecule has 15 heavy (non-hydrogen) atoms. The van der Waals surface area contributed by atoms with Gasteiger partial charge in [0.1, 0.15) is 0 Å². The molecule has 0 saturated heterocycles. The Morgan fingerprint density at radius 1 is 1.27 bits per heavy atom. The van der Waals surface area contributed by atoms with E-state index in [0.717, 1.165) is 6.04 Å². The summed E-state index contributed by atoms with van der Waals surface area (Å²) < 4.78 is 0. The molecule has 0 bridgehead atoms. The fourth-order valence-electron chi connectivity index (χ4n) is 2.06. The molecule has 1 fully saturated rings. The van der Waals surface area contributed by atoms with Crippen LogP contribution in [0.3, 0.4) is 0 Å². The minimum absolute atomic E-state index is 0.679. The molecule has 0 aliphatic heterocycles. The number of benzene rings is 1. The van der Waals surface area contributed by atoms with E-state index in [-0.39, 0.29) is 0 Å². The van der Waals surface area contributed by atoms with Crippen molar-refractivity contribution < 1.29 is 0 Å². The molecule has 1 nitrogen and oxygen atoms in total. The minimum Gasteiger partial charge on any atom is -0.314 e. The molecule has 0 heterocycles. The first-order chi connectivity index (χ1) is 7.36. The lowest BCUT2D eigenvalue weighted by Gasteiger charge is -2.27. The highest BCUT2D eigenvalue weighted by atomic mass is 14.9. The van der Waals surface area contributed by atoms with Gasteiger partial charge < -0.3 is 5.32 Å². The van der Waals surface area contributed by atoms with Crippen LogP contribution in [0.5, 0.6) is 0 Å². The molecule has 1 heteroatoms. The molecule has 1 N–H and O–H groups in total. The van der Waals surface area contributed by atoms with Crippen molar-refractivity contribution in [1.82, 2.24) is 5.32 Å². The van der Waals surface area contributed by atoms with Gasteiger partial charge in [0, 0.05) is 6.04 Å². The number of hydrogen-bond acceptors (Lipinski definition) is 1. The van der Waals surface area contributed by atoms with Crippen molar-refractivity contribution in [2.45, 2.75) is 44.6 Å². The lowest BCUT2D eigenvalue weighted by atomic mass is 9.92. The van der Waals surface area contributed by atoms with Crippen molar-refractivity contribution in [3.8, 4) is 0 Å². The molecule has 82 valence electrons. The van der Waals surface area contributed by atoms with Gasteiger partial charge in [0.15, 0.2) is 0 Å². The van der Waals surface area contributed by atoms with Gasteiger partial charge in [-0.2, -0.15) is 0 Å². The number of nitrogens with one attached hydrogen (secondary N) is 1. The van der Waals surface area contributed by atoms with E-state index in [1.807, 2.05) is 0 Å². The third kappa shape index (κ3) is 3.07. The van der Waals surface area contributed by atoms with Crippen molar-refractivity contribution in [3.63, 3.8) is 0 Å². The lowest BCUT2D eigenvalue weighted by molar-refractivity contribution is 0.336. The first-order valence-corrected chi connectivity index (χ1v) is 6.14. The highest BCUT2D eigenvalue weighted by Gasteiger charge is 2.16. The molecular weight excluding hydrogens is 182 g/mol. The second kappa shape index (κ2) is 5.32. The monoisotopic (exact) mass is 203 g/mol. The van der Waals surface area contributed by atoms with Gasteiger partial charge in [-0.25, -0.2) is 0 Å². The van der Waals surface area contributed by atoms with Crippen LogP contribution in [-0.4, -0.2) is 12.6 Å². The van der Waals surface area contributed by atoms with Crippen molar-refractivity contribution in [2.24, 2.45) is 0 Å². The first kappa shape index (κ1) is 10.7. The Kier molecular flexibility index (Phi) is 3.79. The highest BCUT2D eigenvalue weighted by molar-refractivity contribution is 5.18. The van der Waals surface area contributed by atoms with Crippen LogP contribution in [0.1, 0.15) is 44.1 Å².